The van der Waals surface area contributed by atoms with Gasteiger partial charge in [0.15, 0.2) is 0 Å². The first-order valence-corrected chi connectivity index (χ1v) is 6.32. The van der Waals surface area contributed by atoms with Gasteiger partial charge in [-0.1, -0.05) is 55.5 Å². The molecule has 1 aromatic heterocycles. The number of rotatable bonds is 2. The van der Waals surface area contributed by atoms with Gasteiger partial charge >= 0.3 is 0 Å². The van der Waals surface area contributed by atoms with E-state index in [0.29, 0.717) is 0 Å². The van der Waals surface area contributed by atoms with Crippen molar-refractivity contribution < 1.29 is 0 Å². The molecule has 0 atom stereocenters. The molecule has 88 valence electrons. The Balaban J connectivity index is 2.07. The van der Waals surface area contributed by atoms with E-state index >= 15 is 0 Å². The average molecular weight is 233 g/mol. The number of hydrogen-bond acceptors (Lipinski definition) is 1. The van der Waals surface area contributed by atoms with Crippen LogP contribution >= 0.6 is 0 Å². The number of aromatic nitrogens is 1. The van der Waals surface area contributed by atoms with Crippen molar-refractivity contribution in [1.82, 2.24) is 4.98 Å². The van der Waals surface area contributed by atoms with Crippen LogP contribution in [0.3, 0.4) is 0 Å². The molecule has 1 nitrogen and oxygen atoms in total. The summed E-state index contributed by atoms with van der Waals surface area (Å²) in [6.45, 7) is 2.17. The standard InChI is InChI=1S/C17H15N/c1-2-13-7-9-15(10-8-13)17-12-11-14-5-3-4-6-16(14)18-17/h3-12H,2H2,1H3. The van der Waals surface area contributed by atoms with Crippen LogP contribution in [0.25, 0.3) is 22.2 Å². The molecule has 2 aromatic carbocycles. The van der Waals surface area contributed by atoms with Gasteiger partial charge in [-0.25, -0.2) is 4.98 Å². The molecule has 0 aliphatic rings. The second-order valence-electron chi connectivity index (χ2n) is 4.44. The van der Waals surface area contributed by atoms with E-state index in [0.717, 1.165) is 17.6 Å². The van der Waals surface area contributed by atoms with Crippen LogP contribution in [0.4, 0.5) is 0 Å². The molecule has 0 spiro atoms. The first kappa shape index (κ1) is 11.0. The van der Waals surface area contributed by atoms with Crippen LogP contribution in [0.5, 0.6) is 0 Å². The van der Waals surface area contributed by atoms with E-state index in [1.165, 1.54) is 16.5 Å². The van der Waals surface area contributed by atoms with E-state index in [4.69, 9.17) is 4.98 Å². The summed E-state index contributed by atoms with van der Waals surface area (Å²) in [5.41, 5.74) is 4.63. The minimum atomic E-state index is 1.04. The number of fused-ring (bicyclic) bond motifs is 1. The third-order valence-electron chi connectivity index (χ3n) is 3.26. The highest BCUT2D eigenvalue weighted by atomic mass is 14.7. The number of para-hydroxylation sites is 1. The first-order chi connectivity index (χ1) is 8.86. The summed E-state index contributed by atoms with van der Waals surface area (Å²) in [5.74, 6) is 0. The fourth-order valence-electron chi connectivity index (χ4n) is 2.14. The van der Waals surface area contributed by atoms with E-state index in [1.807, 2.05) is 12.1 Å². The lowest BCUT2D eigenvalue weighted by Gasteiger charge is -2.04. The molecule has 0 radical (unpaired) electrons. The fourth-order valence-corrected chi connectivity index (χ4v) is 2.14. The number of nitrogens with zero attached hydrogens (tertiary/aromatic N) is 1. The molecule has 0 bridgehead atoms. The second-order valence-corrected chi connectivity index (χ2v) is 4.44. The lowest BCUT2D eigenvalue weighted by Crippen LogP contribution is -1.86. The van der Waals surface area contributed by atoms with Crippen LogP contribution in [0, 0.1) is 0 Å². The molecule has 1 heteroatoms. The Morgan fingerprint density at radius 3 is 2.39 bits per heavy atom. The van der Waals surface area contributed by atoms with Gasteiger partial charge in [-0.2, -0.15) is 0 Å². The lowest BCUT2D eigenvalue weighted by molar-refractivity contribution is 1.14. The van der Waals surface area contributed by atoms with Crippen molar-refractivity contribution in [3.05, 3.63) is 66.2 Å². The smallest absolute Gasteiger partial charge is 0.0709 e. The zero-order chi connectivity index (χ0) is 12.4. The summed E-state index contributed by atoms with van der Waals surface area (Å²) in [4.78, 5) is 4.70. The third-order valence-corrected chi connectivity index (χ3v) is 3.26. The normalized spacial score (nSPS) is 10.7. The van der Waals surface area contributed by atoms with Gasteiger partial charge in [0.25, 0.3) is 0 Å². The molecule has 0 fully saturated rings. The molecule has 18 heavy (non-hydrogen) atoms. The summed E-state index contributed by atoms with van der Waals surface area (Å²) >= 11 is 0. The summed E-state index contributed by atoms with van der Waals surface area (Å²) < 4.78 is 0. The Kier molecular flexibility index (Phi) is 2.81. The predicted molar refractivity (Wildman–Crippen MR) is 76.6 cm³/mol. The van der Waals surface area contributed by atoms with Gasteiger partial charge in [-0.3, -0.25) is 0 Å². The SMILES string of the molecule is CCc1ccc(-c2ccc3ccccc3n2)cc1. The molecule has 0 amide bonds. The molecular formula is C17H15N. The van der Waals surface area contributed by atoms with Gasteiger partial charge in [-0.15, -0.1) is 0 Å². The third kappa shape index (κ3) is 2.00. The summed E-state index contributed by atoms with van der Waals surface area (Å²) in [5, 5.41) is 1.19. The lowest BCUT2D eigenvalue weighted by atomic mass is 10.1. The van der Waals surface area contributed by atoms with Gasteiger partial charge < -0.3 is 0 Å². The summed E-state index contributed by atoms with van der Waals surface area (Å²) in [7, 11) is 0. The van der Waals surface area contributed by atoms with Crippen molar-refractivity contribution in [2.24, 2.45) is 0 Å². The Morgan fingerprint density at radius 2 is 1.61 bits per heavy atom. The zero-order valence-electron chi connectivity index (χ0n) is 10.4. The zero-order valence-corrected chi connectivity index (χ0v) is 10.4. The van der Waals surface area contributed by atoms with Crippen LogP contribution in [-0.4, -0.2) is 4.98 Å². The highest BCUT2D eigenvalue weighted by Gasteiger charge is 2.01. The highest BCUT2D eigenvalue weighted by Crippen LogP contribution is 2.21. The van der Waals surface area contributed by atoms with Crippen LogP contribution in [0.15, 0.2) is 60.7 Å². The van der Waals surface area contributed by atoms with E-state index < -0.39 is 0 Å². The van der Waals surface area contributed by atoms with Crippen molar-refractivity contribution in [1.29, 1.82) is 0 Å². The van der Waals surface area contributed by atoms with Crippen LogP contribution in [0.1, 0.15) is 12.5 Å². The summed E-state index contributed by atoms with van der Waals surface area (Å²) in [6.07, 6.45) is 1.07. The Bertz CT molecular complexity index is 669. The van der Waals surface area contributed by atoms with E-state index in [9.17, 15) is 0 Å². The molecule has 0 saturated carbocycles. The predicted octanol–water partition coefficient (Wildman–Crippen LogP) is 4.46. The maximum Gasteiger partial charge on any atom is 0.0709 e. The molecule has 3 rings (SSSR count). The number of aryl methyl sites for hydroxylation is 1. The quantitative estimate of drug-likeness (QED) is 0.636. The highest BCUT2D eigenvalue weighted by molar-refractivity contribution is 5.81. The monoisotopic (exact) mass is 233 g/mol. The van der Waals surface area contributed by atoms with Crippen molar-refractivity contribution in [3.63, 3.8) is 0 Å². The molecule has 0 unspecified atom stereocenters. The number of benzene rings is 2. The maximum atomic E-state index is 4.70. The molecule has 1 heterocycles. The molecule has 0 aliphatic carbocycles. The summed E-state index contributed by atoms with van der Waals surface area (Å²) in [6, 6.07) is 21.1. The van der Waals surface area contributed by atoms with E-state index in [1.54, 1.807) is 0 Å². The average Bonchev–Trinajstić information content (AvgIpc) is 2.47. The molecule has 3 aromatic rings. The Morgan fingerprint density at radius 1 is 0.833 bits per heavy atom. The fraction of sp³-hybridized carbons (Fsp3) is 0.118. The van der Waals surface area contributed by atoms with E-state index in [2.05, 4.69) is 55.5 Å². The van der Waals surface area contributed by atoms with Crippen LogP contribution in [-0.2, 0) is 6.42 Å². The minimum Gasteiger partial charge on any atom is -0.248 e. The molecule has 0 saturated heterocycles. The van der Waals surface area contributed by atoms with Gasteiger partial charge in [0, 0.05) is 10.9 Å². The molecular weight excluding hydrogens is 218 g/mol. The first-order valence-electron chi connectivity index (χ1n) is 6.32. The van der Waals surface area contributed by atoms with Gasteiger partial charge in [0.2, 0.25) is 0 Å². The van der Waals surface area contributed by atoms with Crippen molar-refractivity contribution in [2.45, 2.75) is 13.3 Å². The van der Waals surface area contributed by atoms with Gasteiger partial charge in [0.05, 0.1) is 11.2 Å². The van der Waals surface area contributed by atoms with Crippen molar-refractivity contribution in [3.8, 4) is 11.3 Å². The van der Waals surface area contributed by atoms with E-state index in [-0.39, 0.29) is 0 Å². The number of pyridine rings is 1. The molecule has 0 N–H and O–H groups in total. The van der Waals surface area contributed by atoms with Crippen molar-refractivity contribution >= 4 is 10.9 Å². The Hall–Kier alpha value is -2.15. The minimum absolute atomic E-state index is 1.04. The van der Waals surface area contributed by atoms with Crippen LogP contribution < -0.4 is 0 Å². The number of hydrogen-bond donors (Lipinski definition) is 0. The second kappa shape index (κ2) is 4.61. The van der Waals surface area contributed by atoms with Gasteiger partial charge in [0.1, 0.15) is 0 Å². The van der Waals surface area contributed by atoms with Crippen LogP contribution in [0.2, 0.25) is 0 Å². The maximum absolute atomic E-state index is 4.70. The topological polar surface area (TPSA) is 12.9 Å². The van der Waals surface area contributed by atoms with Crippen molar-refractivity contribution in [2.75, 3.05) is 0 Å². The largest absolute Gasteiger partial charge is 0.248 e. The Labute approximate surface area is 107 Å². The van der Waals surface area contributed by atoms with Gasteiger partial charge in [-0.05, 0) is 24.1 Å². The molecule has 0 aliphatic heterocycles.